The van der Waals surface area contributed by atoms with E-state index in [0.717, 1.165) is 5.56 Å². The molecule has 2 rings (SSSR count). The van der Waals surface area contributed by atoms with Gasteiger partial charge in [0.25, 0.3) is 5.91 Å². The van der Waals surface area contributed by atoms with Gasteiger partial charge in [-0.15, -0.1) is 0 Å². The predicted molar refractivity (Wildman–Crippen MR) is 67.4 cm³/mol. The van der Waals surface area contributed by atoms with Gasteiger partial charge < -0.3 is 20.1 Å². The molecule has 0 radical (unpaired) electrons. The first-order valence-corrected chi connectivity index (χ1v) is 5.80. The average molecular weight is 262 g/mol. The Morgan fingerprint density at radius 3 is 2.79 bits per heavy atom. The normalized spacial score (nSPS) is 12.1. The van der Waals surface area contributed by atoms with Crippen LogP contribution >= 0.6 is 0 Å². The van der Waals surface area contributed by atoms with Crippen LogP contribution < -0.4 is 5.32 Å². The minimum absolute atomic E-state index is 0.0388. The van der Waals surface area contributed by atoms with Gasteiger partial charge in [-0.05, 0) is 0 Å². The molecule has 0 spiro atoms. The number of aliphatic hydroxyl groups is 2. The monoisotopic (exact) mass is 262 g/mol. The van der Waals surface area contributed by atoms with Crippen molar-refractivity contribution in [1.82, 2.24) is 10.5 Å². The molecule has 0 unspecified atom stereocenters. The number of hydrogen-bond donors (Lipinski definition) is 3. The van der Waals surface area contributed by atoms with Crippen LogP contribution in [0.15, 0.2) is 40.9 Å². The van der Waals surface area contributed by atoms with Crippen molar-refractivity contribution in [2.45, 2.75) is 6.10 Å². The van der Waals surface area contributed by atoms with Crippen LogP contribution in [0.5, 0.6) is 0 Å². The number of aliphatic hydroxyl groups excluding tert-OH is 2. The van der Waals surface area contributed by atoms with Crippen molar-refractivity contribution in [1.29, 1.82) is 0 Å². The van der Waals surface area contributed by atoms with E-state index >= 15 is 0 Å². The van der Waals surface area contributed by atoms with E-state index in [1.807, 2.05) is 30.3 Å². The van der Waals surface area contributed by atoms with Crippen LogP contribution in [-0.2, 0) is 0 Å². The largest absolute Gasteiger partial charge is 0.394 e. The van der Waals surface area contributed by atoms with Crippen molar-refractivity contribution in [3.8, 4) is 11.3 Å². The summed E-state index contributed by atoms with van der Waals surface area (Å²) in [6.45, 7) is -0.447. The van der Waals surface area contributed by atoms with Gasteiger partial charge in [0.05, 0.1) is 12.7 Å². The second-order valence-electron chi connectivity index (χ2n) is 3.99. The van der Waals surface area contributed by atoms with Crippen LogP contribution in [0.2, 0.25) is 0 Å². The third-order valence-electron chi connectivity index (χ3n) is 2.51. The van der Waals surface area contributed by atoms with E-state index in [-0.39, 0.29) is 12.2 Å². The zero-order valence-corrected chi connectivity index (χ0v) is 10.1. The Morgan fingerprint density at radius 1 is 1.37 bits per heavy atom. The first kappa shape index (κ1) is 13.3. The van der Waals surface area contributed by atoms with Gasteiger partial charge in [0.2, 0.25) is 0 Å². The molecule has 1 atom stereocenters. The topological polar surface area (TPSA) is 95.6 Å². The second-order valence-corrected chi connectivity index (χ2v) is 3.99. The lowest BCUT2D eigenvalue weighted by atomic mass is 10.1. The fraction of sp³-hybridized carbons (Fsp3) is 0.231. The molecule has 1 aromatic carbocycles. The highest BCUT2D eigenvalue weighted by Gasteiger charge is 2.14. The molecule has 0 aliphatic heterocycles. The molecule has 1 aromatic heterocycles. The number of carbonyl (C=O) groups is 1. The van der Waals surface area contributed by atoms with E-state index in [4.69, 9.17) is 14.7 Å². The zero-order valence-electron chi connectivity index (χ0n) is 10.1. The zero-order chi connectivity index (χ0) is 13.7. The molecule has 6 nitrogen and oxygen atoms in total. The van der Waals surface area contributed by atoms with Crippen molar-refractivity contribution in [2.75, 3.05) is 13.2 Å². The predicted octanol–water partition coefficient (Wildman–Crippen LogP) is 0.425. The molecule has 0 fully saturated rings. The Morgan fingerprint density at radius 2 is 2.11 bits per heavy atom. The fourth-order valence-electron chi connectivity index (χ4n) is 1.49. The Kier molecular flexibility index (Phi) is 4.27. The summed E-state index contributed by atoms with van der Waals surface area (Å²) in [5, 5.41) is 23.9. The number of nitrogens with zero attached hydrogens (tertiary/aromatic N) is 1. The summed E-state index contributed by atoms with van der Waals surface area (Å²) in [7, 11) is 0. The lowest BCUT2D eigenvalue weighted by Crippen LogP contribution is -2.34. The number of rotatable bonds is 5. The second kappa shape index (κ2) is 6.12. The average Bonchev–Trinajstić information content (AvgIpc) is 2.95. The van der Waals surface area contributed by atoms with Gasteiger partial charge in [0, 0.05) is 18.2 Å². The lowest BCUT2D eigenvalue weighted by Gasteiger charge is -2.06. The molecule has 1 amide bonds. The van der Waals surface area contributed by atoms with Gasteiger partial charge in [-0.3, -0.25) is 4.79 Å². The molecule has 0 aliphatic carbocycles. The van der Waals surface area contributed by atoms with Gasteiger partial charge >= 0.3 is 0 Å². The molecule has 3 N–H and O–H groups in total. The number of benzene rings is 1. The van der Waals surface area contributed by atoms with Crippen molar-refractivity contribution in [2.24, 2.45) is 0 Å². The lowest BCUT2D eigenvalue weighted by molar-refractivity contribution is 0.0796. The number of nitrogens with one attached hydrogen (secondary N) is 1. The molecule has 0 saturated heterocycles. The summed E-state index contributed by atoms with van der Waals surface area (Å²) in [5.74, 6) is 0.0342. The van der Waals surface area contributed by atoms with Gasteiger partial charge in [-0.25, -0.2) is 0 Å². The molecule has 19 heavy (non-hydrogen) atoms. The van der Waals surface area contributed by atoms with E-state index in [9.17, 15) is 4.79 Å². The molecular formula is C13H14N2O4. The maximum absolute atomic E-state index is 11.7. The molecule has 0 bridgehead atoms. The Balaban J connectivity index is 2.03. The molecule has 6 heteroatoms. The Hall–Kier alpha value is -2.18. The van der Waals surface area contributed by atoms with Crippen LogP contribution in [0.1, 0.15) is 10.5 Å². The van der Waals surface area contributed by atoms with E-state index in [0.29, 0.717) is 5.76 Å². The summed E-state index contributed by atoms with van der Waals surface area (Å²) in [6.07, 6.45) is -0.982. The molecule has 0 saturated carbocycles. The molecule has 100 valence electrons. The quantitative estimate of drug-likeness (QED) is 0.726. The van der Waals surface area contributed by atoms with Crippen molar-refractivity contribution in [3.63, 3.8) is 0 Å². The summed E-state index contributed by atoms with van der Waals surface area (Å²) in [6, 6.07) is 10.8. The summed E-state index contributed by atoms with van der Waals surface area (Å²) < 4.78 is 5.08. The minimum atomic E-state index is -0.982. The smallest absolute Gasteiger partial charge is 0.273 e. The third kappa shape index (κ3) is 3.40. The van der Waals surface area contributed by atoms with E-state index in [1.165, 1.54) is 6.07 Å². The summed E-state index contributed by atoms with van der Waals surface area (Å²) in [4.78, 5) is 11.7. The van der Waals surface area contributed by atoms with E-state index < -0.39 is 18.6 Å². The van der Waals surface area contributed by atoms with Gasteiger partial charge in [-0.2, -0.15) is 0 Å². The molecule has 1 heterocycles. The first-order chi connectivity index (χ1) is 9.20. The number of hydrogen-bond acceptors (Lipinski definition) is 5. The van der Waals surface area contributed by atoms with Crippen molar-refractivity contribution >= 4 is 5.91 Å². The Labute approximate surface area is 109 Å². The van der Waals surface area contributed by atoms with E-state index in [2.05, 4.69) is 10.5 Å². The summed E-state index contributed by atoms with van der Waals surface area (Å²) in [5.41, 5.74) is 0.952. The maximum atomic E-state index is 11.7. The minimum Gasteiger partial charge on any atom is -0.394 e. The first-order valence-electron chi connectivity index (χ1n) is 5.80. The highest BCUT2D eigenvalue weighted by molar-refractivity contribution is 5.93. The van der Waals surface area contributed by atoms with Gasteiger partial charge in [0.15, 0.2) is 11.5 Å². The number of aromatic nitrogens is 1. The molecule has 2 aromatic rings. The third-order valence-corrected chi connectivity index (χ3v) is 2.51. The summed E-state index contributed by atoms with van der Waals surface area (Å²) >= 11 is 0. The van der Waals surface area contributed by atoms with Crippen LogP contribution in [0.25, 0.3) is 11.3 Å². The Bertz CT molecular complexity index is 539. The maximum Gasteiger partial charge on any atom is 0.273 e. The SMILES string of the molecule is O=C(NC[C@H](O)CO)c1cc(-c2ccccc2)on1. The number of amides is 1. The van der Waals surface area contributed by atoms with Crippen LogP contribution in [0.4, 0.5) is 0 Å². The fourth-order valence-corrected chi connectivity index (χ4v) is 1.49. The van der Waals surface area contributed by atoms with Gasteiger partial charge in [0.1, 0.15) is 0 Å². The van der Waals surface area contributed by atoms with Crippen LogP contribution in [0, 0.1) is 0 Å². The van der Waals surface area contributed by atoms with Crippen LogP contribution in [-0.4, -0.2) is 40.5 Å². The van der Waals surface area contributed by atoms with E-state index in [1.54, 1.807) is 0 Å². The van der Waals surface area contributed by atoms with Crippen molar-refractivity contribution < 1.29 is 19.5 Å². The molecule has 0 aliphatic rings. The number of carbonyl (C=O) groups excluding carboxylic acids is 1. The van der Waals surface area contributed by atoms with Crippen molar-refractivity contribution in [3.05, 3.63) is 42.1 Å². The highest BCUT2D eigenvalue weighted by Crippen LogP contribution is 2.19. The molecular weight excluding hydrogens is 248 g/mol. The standard InChI is InChI=1S/C13H14N2O4/c16-8-10(17)7-14-13(18)11-6-12(19-15-11)9-4-2-1-3-5-9/h1-6,10,16-17H,7-8H2,(H,14,18)/t10-/m0/s1. The van der Waals surface area contributed by atoms with Gasteiger partial charge in [-0.1, -0.05) is 35.5 Å². The highest BCUT2D eigenvalue weighted by atomic mass is 16.5. The van der Waals surface area contributed by atoms with Crippen LogP contribution in [0.3, 0.4) is 0 Å².